The van der Waals surface area contributed by atoms with Crippen LogP contribution in [0, 0.1) is 13.8 Å². The van der Waals surface area contributed by atoms with Crippen molar-refractivity contribution in [2.45, 2.75) is 20.8 Å². The van der Waals surface area contributed by atoms with E-state index in [2.05, 4.69) is 42.2 Å². The number of hydrogen-bond acceptors (Lipinski definition) is 4. The second kappa shape index (κ2) is 7.14. The van der Waals surface area contributed by atoms with Crippen molar-refractivity contribution in [3.05, 3.63) is 84.2 Å². The van der Waals surface area contributed by atoms with E-state index >= 15 is 0 Å². The Morgan fingerprint density at radius 1 is 0.909 bits per heavy atom. The van der Waals surface area contributed by atoms with E-state index in [1.807, 2.05) is 43.5 Å². The summed E-state index contributed by atoms with van der Waals surface area (Å²) in [5, 5.41) is 5.22. The number of rotatable bonds is 2. The molecule has 0 atom stereocenters. The number of aryl methyl sites for hydroxylation is 2. The number of nitrogens with zero attached hydrogens (tertiary/aromatic N) is 2. The van der Waals surface area contributed by atoms with Crippen molar-refractivity contribution in [2.75, 3.05) is 0 Å². The van der Waals surface area contributed by atoms with Crippen LogP contribution in [0.5, 0.6) is 5.75 Å². The largest absolute Gasteiger partial charge is 0.426 e. The maximum absolute atomic E-state index is 12.1. The molecule has 0 unspecified atom stereocenters. The van der Waals surface area contributed by atoms with Crippen LogP contribution in [0.2, 0.25) is 0 Å². The van der Waals surface area contributed by atoms with Crippen LogP contribution in [0.25, 0.3) is 49.3 Å². The lowest BCUT2D eigenvalue weighted by molar-refractivity contribution is -0.712. The third-order valence-corrected chi connectivity index (χ3v) is 6.12. The highest BCUT2D eigenvalue weighted by Gasteiger charge is 2.25. The van der Waals surface area contributed by atoms with E-state index < -0.39 is 0 Å². The van der Waals surface area contributed by atoms with E-state index in [0.717, 1.165) is 60.4 Å². The normalized spacial score (nSPS) is 11.6. The summed E-state index contributed by atoms with van der Waals surface area (Å²) < 4.78 is 13.8. The number of ether oxygens (including phenoxy) is 1. The van der Waals surface area contributed by atoms with Gasteiger partial charge in [-0.2, -0.15) is 0 Å². The molecule has 5 nitrogen and oxygen atoms in total. The molecule has 0 bridgehead atoms. The zero-order valence-corrected chi connectivity index (χ0v) is 18.5. The summed E-state index contributed by atoms with van der Waals surface area (Å²) >= 11 is 0. The Kier molecular flexibility index (Phi) is 4.20. The Labute approximate surface area is 189 Å². The van der Waals surface area contributed by atoms with Crippen LogP contribution in [-0.2, 0) is 4.79 Å². The lowest BCUT2D eigenvalue weighted by Crippen LogP contribution is -2.15. The number of fused-ring (bicyclic) bond motifs is 7. The van der Waals surface area contributed by atoms with Gasteiger partial charge in [-0.3, -0.25) is 9.78 Å². The zero-order chi connectivity index (χ0) is 22.7. The minimum absolute atomic E-state index is 0.361. The first-order chi connectivity index (χ1) is 16.0. The van der Waals surface area contributed by atoms with E-state index in [4.69, 9.17) is 9.26 Å². The van der Waals surface area contributed by atoms with Gasteiger partial charge in [-0.05, 0) is 60.5 Å². The first kappa shape index (κ1) is 19.4. The Morgan fingerprint density at radius 2 is 1.67 bits per heavy atom. The van der Waals surface area contributed by atoms with Gasteiger partial charge in [0.05, 0.1) is 11.3 Å². The van der Waals surface area contributed by atoms with Gasteiger partial charge in [0.2, 0.25) is 11.8 Å². The Balaban J connectivity index is 1.94. The molecule has 0 amide bonds. The molecule has 0 N–H and O–H groups in total. The third-order valence-electron chi connectivity index (χ3n) is 6.12. The van der Waals surface area contributed by atoms with Crippen molar-refractivity contribution < 1.29 is 18.6 Å². The molecule has 0 saturated carbocycles. The van der Waals surface area contributed by atoms with E-state index in [-0.39, 0.29) is 5.97 Å². The highest BCUT2D eigenvalue weighted by molar-refractivity contribution is 6.27. The summed E-state index contributed by atoms with van der Waals surface area (Å²) in [6, 6.07) is 20.3. The predicted octanol–water partition coefficient (Wildman–Crippen LogP) is 6.08. The van der Waals surface area contributed by atoms with Gasteiger partial charge >= 0.3 is 5.97 Å². The summed E-state index contributed by atoms with van der Waals surface area (Å²) in [5.41, 5.74) is 5.33. The molecule has 5 heteroatoms. The monoisotopic (exact) mass is 433 g/mol. The molecule has 160 valence electrons. The van der Waals surface area contributed by atoms with E-state index in [1.54, 1.807) is 10.8 Å². The average Bonchev–Trinajstić information content (AvgIpc) is 3.20. The van der Waals surface area contributed by atoms with Gasteiger partial charge in [0.25, 0.3) is 5.52 Å². The minimum atomic E-state index is -0.361. The van der Waals surface area contributed by atoms with Gasteiger partial charge < -0.3 is 4.74 Å². The molecule has 0 radical (unpaired) electrons. The van der Waals surface area contributed by atoms with Crippen LogP contribution in [-0.4, -0.2) is 11.0 Å². The van der Waals surface area contributed by atoms with Crippen molar-refractivity contribution in [1.82, 2.24) is 4.98 Å². The molecule has 0 fully saturated rings. The number of esters is 1. The molecule has 0 spiro atoms. The average molecular weight is 433 g/mol. The van der Waals surface area contributed by atoms with Crippen LogP contribution in [0.1, 0.15) is 18.1 Å². The number of aromatic nitrogens is 2. The maximum atomic E-state index is 12.1. The second-order valence-electron chi connectivity index (χ2n) is 8.37. The van der Waals surface area contributed by atoms with Gasteiger partial charge in [0, 0.05) is 46.2 Å². The van der Waals surface area contributed by atoms with Crippen LogP contribution >= 0.6 is 0 Å². The summed E-state index contributed by atoms with van der Waals surface area (Å²) in [6.45, 7) is 5.45. The topological polar surface area (TPSA) is 56.4 Å². The summed E-state index contributed by atoms with van der Waals surface area (Å²) in [6.07, 6.45) is 3.68. The van der Waals surface area contributed by atoms with Crippen molar-refractivity contribution in [3.63, 3.8) is 0 Å². The number of benzene rings is 3. The first-order valence-corrected chi connectivity index (χ1v) is 10.9. The molecule has 0 saturated heterocycles. The lowest BCUT2D eigenvalue weighted by Gasteiger charge is -2.17. The van der Waals surface area contributed by atoms with Gasteiger partial charge in [0.15, 0.2) is 0 Å². The summed E-state index contributed by atoms with van der Waals surface area (Å²) in [4.78, 5) is 16.7. The molecule has 3 aromatic heterocycles. The van der Waals surface area contributed by atoms with Crippen LogP contribution in [0.3, 0.4) is 0 Å². The van der Waals surface area contributed by atoms with Crippen LogP contribution in [0.4, 0.5) is 0 Å². The SMILES string of the molecule is CC(=O)Oc1c(C)cc2ccc3cc(C)c4o[n+]5ccccc5c4c3c2c1-c1ccccn1. The van der Waals surface area contributed by atoms with Crippen molar-refractivity contribution in [1.29, 1.82) is 0 Å². The molecule has 3 heterocycles. The van der Waals surface area contributed by atoms with Gasteiger partial charge in [-0.25, -0.2) is 4.52 Å². The predicted molar refractivity (Wildman–Crippen MR) is 128 cm³/mol. The second-order valence-corrected chi connectivity index (χ2v) is 8.37. The molecule has 0 aliphatic carbocycles. The van der Waals surface area contributed by atoms with Crippen LogP contribution < -0.4 is 9.31 Å². The molecule has 0 aliphatic heterocycles. The van der Waals surface area contributed by atoms with Gasteiger partial charge in [-0.1, -0.05) is 18.2 Å². The van der Waals surface area contributed by atoms with Crippen molar-refractivity contribution >= 4 is 44.0 Å². The number of carbonyl (C=O) groups is 1. The molecule has 6 rings (SSSR count). The molecular formula is C28H21N2O3+. The smallest absolute Gasteiger partial charge is 0.308 e. The summed E-state index contributed by atoms with van der Waals surface area (Å²) in [5.74, 6) is 0.176. The molecular weight excluding hydrogens is 412 g/mol. The standard InChI is InChI=1S/C28H21N2O3/c1-16-14-19-10-11-20-15-17(2)28-26(22-9-5-7-13-30(22)33-28)24(20)23(19)25(27(16)32-18(3)31)21-8-4-6-12-29-21/h4-15H,1-3H3/q+1. The quantitative estimate of drug-likeness (QED) is 0.144. The van der Waals surface area contributed by atoms with E-state index in [0.29, 0.717) is 5.75 Å². The van der Waals surface area contributed by atoms with E-state index in [9.17, 15) is 4.79 Å². The first-order valence-electron chi connectivity index (χ1n) is 10.9. The molecule has 0 aliphatic rings. The number of hydrogen-bond donors (Lipinski definition) is 0. The van der Waals surface area contributed by atoms with Gasteiger partial charge in [0.1, 0.15) is 11.1 Å². The Bertz CT molecular complexity index is 1730. The lowest BCUT2D eigenvalue weighted by atomic mass is 9.90. The van der Waals surface area contributed by atoms with Crippen molar-refractivity contribution in [3.8, 4) is 17.0 Å². The van der Waals surface area contributed by atoms with Crippen LogP contribution in [0.15, 0.2) is 77.6 Å². The number of pyridine rings is 2. The maximum Gasteiger partial charge on any atom is 0.308 e. The fourth-order valence-corrected chi connectivity index (χ4v) is 4.83. The molecule has 6 aromatic rings. The molecule has 3 aromatic carbocycles. The van der Waals surface area contributed by atoms with Gasteiger partial charge in [-0.15, -0.1) is 0 Å². The van der Waals surface area contributed by atoms with E-state index in [1.165, 1.54) is 6.92 Å². The number of carbonyl (C=O) groups excluding carboxylic acids is 1. The Morgan fingerprint density at radius 3 is 2.42 bits per heavy atom. The molecule has 33 heavy (non-hydrogen) atoms. The Hall–Kier alpha value is -4.25. The minimum Gasteiger partial charge on any atom is -0.426 e. The summed E-state index contributed by atoms with van der Waals surface area (Å²) in [7, 11) is 0. The highest BCUT2D eigenvalue weighted by atomic mass is 16.5. The fourth-order valence-electron chi connectivity index (χ4n) is 4.83. The highest BCUT2D eigenvalue weighted by Crippen LogP contribution is 2.45. The fraction of sp³-hybridized carbons (Fsp3) is 0.107. The third kappa shape index (κ3) is 2.89. The zero-order valence-electron chi connectivity index (χ0n) is 18.5. The van der Waals surface area contributed by atoms with Crippen molar-refractivity contribution in [2.24, 2.45) is 0 Å².